The number of amides is 1. The predicted octanol–water partition coefficient (Wildman–Crippen LogP) is 3.60. The highest BCUT2D eigenvalue weighted by molar-refractivity contribution is 8.93. The molecule has 0 atom stereocenters. The van der Waals surface area contributed by atoms with Gasteiger partial charge in [-0.15, -0.1) is 17.0 Å². The summed E-state index contributed by atoms with van der Waals surface area (Å²) in [5.74, 6) is -2.07. The van der Waals surface area contributed by atoms with Crippen LogP contribution in [-0.4, -0.2) is 43.2 Å². The normalized spacial score (nSPS) is 10.5. The van der Waals surface area contributed by atoms with Crippen LogP contribution in [0.2, 0.25) is 0 Å². The van der Waals surface area contributed by atoms with Crippen molar-refractivity contribution in [1.29, 1.82) is 0 Å². The van der Waals surface area contributed by atoms with Crippen LogP contribution in [0.3, 0.4) is 0 Å². The molecule has 0 saturated carbocycles. The first-order chi connectivity index (χ1) is 13.4. The number of carbonyl (C=O) groups excluding carboxylic acids is 1. The zero-order valence-corrected chi connectivity index (χ0v) is 16.9. The number of H-pyrrole nitrogens is 1. The molecule has 0 unspecified atom stereocenters. The van der Waals surface area contributed by atoms with E-state index in [1.807, 2.05) is 24.3 Å². The summed E-state index contributed by atoms with van der Waals surface area (Å²) < 4.78 is 0. The van der Waals surface area contributed by atoms with Gasteiger partial charge in [0.25, 0.3) is 5.91 Å². The third kappa shape index (κ3) is 3.72. The lowest BCUT2D eigenvalue weighted by atomic mass is 10.2. The molecule has 3 aromatic heterocycles. The maximum atomic E-state index is 12.8. The van der Waals surface area contributed by atoms with Gasteiger partial charge in [-0.25, -0.2) is 4.98 Å². The average Bonchev–Trinajstić information content (AvgIpc) is 3.14. The number of aromatic nitrogens is 3. The minimum absolute atomic E-state index is 0. The van der Waals surface area contributed by atoms with Crippen molar-refractivity contribution in [3.63, 3.8) is 0 Å². The number of aromatic amines is 1. The predicted molar refractivity (Wildman–Crippen MR) is 114 cm³/mol. The molecule has 0 spiro atoms. The van der Waals surface area contributed by atoms with E-state index in [-0.39, 0.29) is 22.7 Å². The Kier molecular flexibility index (Phi) is 5.42. The molecule has 0 aliphatic heterocycles. The number of pyridine rings is 2. The number of rotatable bonds is 3. The number of aromatic hydroxyl groups is 3. The summed E-state index contributed by atoms with van der Waals surface area (Å²) in [6.07, 6.45) is 3.40. The fourth-order valence-corrected chi connectivity index (χ4v) is 2.88. The molecule has 0 radical (unpaired) electrons. The Bertz CT molecular complexity index is 1170. The van der Waals surface area contributed by atoms with Crippen molar-refractivity contribution in [2.24, 2.45) is 0 Å². The number of nitrogens with one attached hydrogen (secondary N) is 1. The monoisotopic (exact) mass is 456 g/mol. The molecule has 4 rings (SSSR count). The van der Waals surface area contributed by atoms with Crippen molar-refractivity contribution < 1.29 is 20.1 Å². The number of carbonyl (C=O) groups is 1. The summed E-state index contributed by atoms with van der Waals surface area (Å²) in [5.41, 5.74) is 3.43. The van der Waals surface area contributed by atoms with E-state index in [4.69, 9.17) is 0 Å². The smallest absolute Gasteiger partial charge is 0.274 e. The summed E-state index contributed by atoms with van der Waals surface area (Å²) in [6.45, 7) is 0. The maximum Gasteiger partial charge on any atom is 0.274 e. The molecule has 9 heteroatoms. The molecular weight excluding hydrogens is 440 g/mol. The highest BCUT2D eigenvalue weighted by Crippen LogP contribution is 2.38. The topological polar surface area (TPSA) is 123 Å². The second kappa shape index (κ2) is 7.80. The van der Waals surface area contributed by atoms with Gasteiger partial charge >= 0.3 is 0 Å². The van der Waals surface area contributed by atoms with Gasteiger partial charge in [0, 0.05) is 37.1 Å². The van der Waals surface area contributed by atoms with Crippen molar-refractivity contribution in [2.45, 2.75) is 0 Å². The standard InChI is InChI=1S/C20H16N4O4.BrH/c1-24(12-7-17(25)19(27)18(26)8-12)20(28)16-9-15-14(23-16)5-4-13(22-15)11-3-2-6-21-10-11;/h2-10,23,25-27H,1H3;1H. The van der Waals surface area contributed by atoms with Crippen molar-refractivity contribution in [3.05, 3.63) is 60.6 Å². The molecule has 0 fully saturated rings. The molecule has 0 saturated heterocycles. The first-order valence-corrected chi connectivity index (χ1v) is 8.37. The Labute approximate surface area is 175 Å². The number of nitrogens with zero attached hydrogens (tertiary/aromatic N) is 3. The van der Waals surface area contributed by atoms with Crippen LogP contribution in [0.15, 0.2) is 54.9 Å². The van der Waals surface area contributed by atoms with Crippen LogP contribution in [-0.2, 0) is 0 Å². The second-order valence-corrected chi connectivity index (χ2v) is 6.25. The highest BCUT2D eigenvalue weighted by Gasteiger charge is 2.19. The molecule has 0 aliphatic rings. The van der Waals surface area contributed by atoms with Gasteiger partial charge in [0.1, 0.15) is 5.69 Å². The number of phenols is 3. The summed E-state index contributed by atoms with van der Waals surface area (Å²) in [6, 6.07) is 11.4. The van der Waals surface area contributed by atoms with Crippen LogP contribution in [0.4, 0.5) is 5.69 Å². The van der Waals surface area contributed by atoms with Gasteiger partial charge in [0.15, 0.2) is 17.2 Å². The van der Waals surface area contributed by atoms with Gasteiger partial charge < -0.3 is 25.2 Å². The zero-order valence-electron chi connectivity index (χ0n) is 15.2. The number of anilines is 1. The van der Waals surface area contributed by atoms with Crippen molar-refractivity contribution in [3.8, 4) is 28.5 Å². The summed E-state index contributed by atoms with van der Waals surface area (Å²) in [4.78, 5) is 25.7. The van der Waals surface area contributed by atoms with Gasteiger partial charge in [0.05, 0.1) is 22.4 Å². The lowest BCUT2D eigenvalue weighted by Crippen LogP contribution is -2.26. The van der Waals surface area contributed by atoms with Crippen LogP contribution in [0.1, 0.15) is 10.5 Å². The fraction of sp³-hybridized carbons (Fsp3) is 0.0500. The van der Waals surface area contributed by atoms with E-state index in [1.165, 1.54) is 24.1 Å². The Morgan fingerprint density at radius 2 is 1.79 bits per heavy atom. The minimum atomic E-state index is -0.637. The van der Waals surface area contributed by atoms with E-state index in [0.29, 0.717) is 16.7 Å². The molecule has 148 valence electrons. The average molecular weight is 457 g/mol. The lowest BCUT2D eigenvalue weighted by Gasteiger charge is -2.17. The first-order valence-electron chi connectivity index (χ1n) is 8.37. The van der Waals surface area contributed by atoms with Crippen LogP contribution < -0.4 is 4.90 Å². The number of hydrogen-bond acceptors (Lipinski definition) is 6. The number of benzene rings is 1. The highest BCUT2D eigenvalue weighted by atomic mass is 79.9. The third-order valence-electron chi connectivity index (χ3n) is 4.41. The molecule has 4 N–H and O–H groups in total. The zero-order chi connectivity index (χ0) is 19.8. The number of fused-ring (bicyclic) bond motifs is 1. The van der Waals surface area contributed by atoms with Crippen molar-refractivity contribution >= 4 is 39.6 Å². The summed E-state index contributed by atoms with van der Waals surface area (Å²) >= 11 is 0. The second-order valence-electron chi connectivity index (χ2n) is 6.25. The lowest BCUT2D eigenvalue weighted by molar-refractivity contribution is 0.0989. The molecular formula is C20H17BrN4O4. The Morgan fingerprint density at radius 1 is 1.07 bits per heavy atom. The summed E-state index contributed by atoms with van der Waals surface area (Å²) in [7, 11) is 1.49. The minimum Gasteiger partial charge on any atom is -0.504 e. The number of hydrogen-bond donors (Lipinski definition) is 4. The third-order valence-corrected chi connectivity index (χ3v) is 4.41. The molecule has 4 aromatic rings. The van der Waals surface area contributed by atoms with Gasteiger partial charge in [0.2, 0.25) is 0 Å². The van der Waals surface area contributed by atoms with Crippen LogP contribution >= 0.6 is 17.0 Å². The van der Waals surface area contributed by atoms with E-state index in [9.17, 15) is 20.1 Å². The SMILES string of the molecule is Br.CN(C(=O)c1cc2nc(-c3cccnc3)ccc2[nH]1)c1cc(O)c(O)c(O)c1. The molecule has 1 aromatic carbocycles. The van der Waals surface area contributed by atoms with Crippen molar-refractivity contribution in [2.75, 3.05) is 11.9 Å². The van der Waals surface area contributed by atoms with E-state index < -0.39 is 23.2 Å². The Balaban J connectivity index is 0.00000240. The maximum absolute atomic E-state index is 12.8. The van der Waals surface area contributed by atoms with Gasteiger partial charge in [-0.2, -0.15) is 0 Å². The summed E-state index contributed by atoms with van der Waals surface area (Å²) in [5, 5.41) is 28.8. The first kappa shape index (κ1) is 20.2. The van der Waals surface area contributed by atoms with E-state index in [1.54, 1.807) is 18.5 Å². The Hall–Kier alpha value is -3.59. The van der Waals surface area contributed by atoms with Crippen LogP contribution in [0, 0.1) is 0 Å². The van der Waals surface area contributed by atoms with E-state index in [0.717, 1.165) is 11.3 Å². The van der Waals surface area contributed by atoms with Gasteiger partial charge in [-0.05, 0) is 30.3 Å². The van der Waals surface area contributed by atoms with Crippen molar-refractivity contribution in [1.82, 2.24) is 15.0 Å². The van der Waals surface area contributed by atoms with E-state index in [2.05, 4.69) is 15.0 Å². The fourth-order valence-electron chi connectivity index (χ4n) is 2.88. The van der Waals surface area contributed by atoms with Crippen LogP contribution in [0.5, 0.6) is 17.2 Å². The quantitative estimate of drug-likeness (QED) is 0.349. The van der Waals surface area contributed by atoms with Crippen LogP contribution in [0.25, 0.3) is 22.3 Å². The molecule has 29 heavy (non-hydrogen) atoms. The molecule has 8 nitrogen and oxygen atoms in total. The number of phenolic OH excluding ortho intramolecular Hbond substituents is 3. The molecule has 1 amide bonds. The number of halogens is 1. The van der Waals surface area contributed by atoms with Gasteiger partial charge in [-0.1, -0.05) is 0 Å². The molecule has 0 aliphatic carbocycles. The Morgan fingerprint density at radius 3 is 2.45 bits per heavy atom. The molecule has 0 bridgehead atoms. The van der Waals surface area contributed by atoms with Gasteiger partial charge in [-0.3, -0.25) is 9.78 Å². The molecule has 3 heterocycles. The largest absolute Gasteiger partial charge is 0.504 e. The van der Waals surface area contributed by atoms with E-state index >= 15 is 0 Å².